The van der Waals surface area contributed by atoms with Gasteiger partial charge in [0.05, 0.1) is 18.9 Å². The average Bonchev–Trinajstić information content (AvgIpc) is 2.75. The molecule has 0 radical (unpaired) electrons. The molecule has 0 saturated heterocycles. The van der Waals surface area contributed by atoms with E-state index in [0.29, 0.717) is 13.8 Å². The van der Waals surface area contributed by atoms with Crippen LogP contribution in [0.25, 0.3) is 0 Å². The highest BCUT2D eigenvalue weighted by Crippen LogP contribution is 2.39. The number of alkyl halides is 3. The van der Waals surface area contributed by atoms with E-state index in [4.69, 9.17) is 4.74 Å². The number of ether oxygens (including phenoxy) is 2. The molecule has 0 bridgehead atoms. The molecule has 0 aliphatic carbocycles. The molecule has 1 aromatic heterocycles. The minimum Gasteiger partial charge on any atom is -0.588 e. The number of fused-ring (bicyclic) bond motifs is 1. The Balaban J connectivity index is 1.88. The Labute approximate surface area is 201 Å². The van der Waals surface area contributed by atoms with Crippen molar-refractivity contribution in [3.05, 3.63) is 42.5 Å². The van der Waals surface area contributed by atoms with Crippen molar-refractivity contribution in [1.29, 1.82) is 0 Å². The third-order valence-corrected chi connectivity index (χ3v) is 6.20. The topological polar surface area (TPSA) is 116 Å². The van der Waals surface area contributed by atoms with Crippen LogP contribution in [0.3, 0.4) is 0 Å². The number of rotatable bonds is 6. The maximum absolute atomic E-state index is 13.7. The van der Waals surface area contributed by atoms with E-state index < -0.39 is 41.2 Å². The molecule has 0 saturated carbocycles. The van der Waals surface area contributed by atoms with Crippen molar-refractivity contribution >= 4 is 34.7 Å². The number of aromatic nitrogens is 1. The van der Waals surface area contributed by atoms with E-state index in [9.17, 15) is 31.7 Å². The van der Waals surface area contributed by atoms with E-state index in [1.165, 1.54) is 35.6 Å². The highest BCUT2D eigenvalue weighted by Gasteiger charge is 2.51. The summed E-state index contributed by atoms with van der Waals surface area (Å²) in [5, 5.41) is 4.81. The van der Waals surface area contributed by atoms with Gasteiger partial charge in [0, 0.05) is 18.7 Å². The van der Waals surface area contributed by atoms with Crippen LogP contribution in [0.4, 0.5) is 33.7 Å². The maximum atomic E-state index is 13.7. The first kappa shape index (κ1) is 26.3. The molecular weight excluding hydrogens is 496 g/mol. The smallest absolute Gasteiger partial charge is 0.427 e. The summed E-state index contributed by atoms with van der Waals surface area (Å²) in [7, 11) is 0. The van der Waals surface area contributed by atoms with Gasteiger partial charge in [-0.15, -0.1) is 0 Å². The van der Waals surface area contributed by atoms with Gasteiger partial charge in [0.1, 0.15) is 41.3 Å². The van der Waals surface area contributed by atoms with Gasteiger partial charge in [-0.2, -0.15) is 17.5 Å². The van der Waals surface area contributed by atoms with Gasteiger partial charge in [-0.1, -0.05) is 0 Å². The fourth-order valence-electron chi connectivity index (χ4n) is 2.96. The number of amides is 2. The van der Waals surface area contributed by atoms with Crippen molar-refractivity contribution < 1.29 is 41.2 Å². The Hall–Kier alpha value is -3.26. The fourth-order valence-corrected chi connectivity index (χ4v) is 4.20. The molecule has 1 aromatic carbocycles. The molecule has 35 heavy (non-hydrogen) atoms. The van der Waals surface area contributed by atoms with Crippen molar-refractivity contribution in [1.82, 2.24) is 10.3 Å². The zero-order valence-corrected chi connectivity index (χ0v) is 19.6. The lowest BCUT2D eigenvalue weighted by Crippen LogP contribution is -2.48. The summed E-state index contributed by atoms with van der Waals surface area (Å²) < 4.78 is 77.7. The molecule has 0 fully saturated rings. The van der Waals surface area contributed by atoms with Gasteiger partial charge >= 0.3 is 12.3 Å². The molecule has 2 aromatic rings. The van der Waals surface area contributed by atoms with Crippen molar-refractivity contribution in [3.63, 3.8) is 0 Å². The Morgan fingerprint density at radius 3 is 2.63 bits per heavy atom. The molecular formula is C21H22F4N4O5S. The van der Waals surface area contributed by atoms with Crippen LogP contribution in [-0.4, -0.2) is 52.5 Å². The summed E-state index contributed by atoms with van der Waals surface area (Å²) in [5.74, 6) is -0.787. The van der Waals surface area contributed by atoms with Crippen LogP contribution in [0.1, 0.15) is 20.8 Å². The molecule has 2 heterocycles. The van der Waals surface area contributed by atoms with Gasteiger partial charge in [0.15, 0.2) is 0 Å². The highest BCUT2D eigenvalue weighted by atomic mass is 32.2. The quantitative estimate of drug-likeness (QED) is 0.444. The lowest BCUT2D eigenvalue weighted by molar-refractivity contribution is -0.242. The molecule has 9 nitrogen and oxygen atoms in total. The number of nitrogens with one attached hydrogen (secondary N) is 2. The molecule has 190 valence electrons. The van der Waals surface area contributed by atoms with Crippen molar-refractivity contribution in [3.8, 4) is 5.75 Å². The van der Waals surface area contributed by atoms with Crippen LogP contribution in [0.5, 0.6) is 5.75 Å². The Morgan fingerprint density at radius 1 is 1.29 bits per heavy atom. The molecule has 1 aliphatic rings. The number of anilines is 2. The standard InChI is InChI=1S/C21H22F4N4O5S/c1-12(30)27-9-15-11-29(35(32)16-6-13(22)8-26-10-16)17-7-14(4-5-18(17)33-15)28-19(31)34-20(2,3)21(23,24)25/h4-8,10,15H,9,11H2,1-3H3,(H,27,30)(H,28,31)/t15-,35+/m0/s1. The van der Waals surface area contributed by atoms with Crippen LogP contribution in [0.2, 0.25) is 0 Å². The van der Waals surface area contributed by atoms with Crippen LogP contribution >= 0.6 is 0 Å². The summed E-state index contributed by atoms with van der Waals surface area (Å²) in [4.78, 5) is 27.1. The molecule has 14 heteroatoms. The normalized spacial score (nSPS) is 16.6. The number of halogens is 4. The number of hydrogen-bond donors (Lipinski definition) is 2. The lowest BCUT2D eigenvalue weighted by Gasteiger charge is -2.35. The van der Waals surface area contributed by atoms with Gasteiger partial charge < -0.3 is 19.3 Å². The number of benzene rings is 1. The van der Waals surface area contributed by atoms with Gasteiger partial charge in [-0.25, -0.2) is 9.18 Å². The summed E-state index contributed by atoms with van der Waals surface area (Å²) in [5.41, 5.74) is -2.49. The maximum Gasteiger partial charge on any atom is 0.427 e. The van der Waals surface area contributed by atoms with Crippen molar-refractivity contribution in [2.24, 2.45) is 0 Å². The third kappa shape index (κ3) is 6.45. The highest BCUT2D eigenvalue weighted by molar-refractivity contribution is 7.92. The first-order valence-electron chi connectivity index (χ1n) is 10.2. The minimum absolute atomic E-state index is 0.00852. The Morgan fingerprint density at radius 2 is 2.00 bits per heavy atom. The molecule has 2 N–H and O–H groups in total. The summed E-state index contributed by atoms with van der Waals surface area (Å²) in [6.07, 6.45) is -4.61. The summed E-state index contributed by atoms with van der Waals surface area (Å²) in [6.45, 7) is 2.82. The van der Waals surface area contributed by atoms with Crippen LogP contribution in [-0.2, 0) is 20.9 Å². The van der Waals surface area contributed by atoms with Crippen LogP contribution in [0.15, 0.2) is 41.6 Å². The third-order valence-electron chi connectivity index (χ3n) is 4.83. The second-order valence-electron chi connectivity index (χ2n) is 8.03. The fraction of sp³-hybridized carbons (Fsp3) is 0.381. The molecule has 3 rings (SSSR count). The monoisotopic (exact) mass is 518 g/mol. The Kier molecular flexibility index (Phi) is 7.65. The SMILES string of the molecule is CC(=O)NC[C@H]1CN([S@+]([O-])c2cncc(F)c2)c2cc(NC(=O)OC(C)(C)C(F)(F)F)ccc2O1. The minimum atomic E-state index is -4.79. The zero-order chi connectivity index (χ0) is 26.0. The number of hydrogen-bond acceptors (Lipinski definition) is 7. The number of carbonyl (C=O) groups excluding carboxylic acids is 2. The van der Waals surface area contributed by atoms with E-state index in [0.717, 1.165) is 12.3 Å². The van der Waals surface area contributed by atoms with E-state index >= 15 is 0 Å². The molecule has 0 unspecified atom stereocenters. The van der Waals surface area contributed by atoms with Gasteiger partial charge in [0.2, 0.25) is 16.4 Å². The zero-order valence-electron chi connectivity index (χ0n) is 18.8. The molecule has 2 amide bonds. The first-order valence-corrected chi connectivity index (χ1v) is 11.3. The number of pyridine rings is 1. The van der Waals surface area contributed by atoms with E-state index in [2.05, 4.69) is 20.4 Å². The molecule has 2 atom stereocenters. The predicted molar refractivity (Wildman–Crippen MR) is 118 cm³/mol. The molecule has 1 aliphatic heterocycles. The summed E-state index contributed by atoms with van der Waals surface area (Å²) in [6, 6.07) is 5.14. The van der Waals surface area contributed by atoms with E-state index in [-0.39, 0.29) is 41.0 Å². The van der Waals surface area contributed by atoms with Gasteiger partial charge in [-0.05, 0) is 32.0 Å². The van der Waals surface area contributed by atoms with Crippen LogP contribution < -0.4 is 19.7 Å². The van der Waals surface area contributed by atoms with Gasteiger partial charge in [-0.3, -0.25) is 15.1 Å². The number of carbonyl (C=O) groups is 2. The van der Waals surface area contributed by atoms with E-state index in [1.807, 2.05) is 0 Å². The summed E-state index contributed by atoms with van der Waals surface area (Å²) >= 11 is -1.98. The van der Waals surface area contributed by atoms with Gasteiger partial charge in [0.25, 0.3) is 0 Å². The van der Waals surface area contributed by atoms with E-state index in [1.54, 1.807) is 0 Å². The Bertz CT molecular complexity index is 1100. The predicted octanol–water partition coefficient (Wildman–Crippen LogP) is 3.54. The average molecular weight is 518 g/mol. The second-order valence-corrected chi connectivity index (χ2v) is 9.44. The van der Waals surface area contributed by atoms with Crippen molar-refractivity contribution in [2.45, 2.75) is 43.5 Å². The number of nitrogens with zero attached hydrogens (tertiary/aromatic N) is 2. The largest absolute Gasteiger partial charge is 0.588 e. The second kappa shape index (κ2) is 10.2. The first-order chi connectivity index (χ1) is 16.3. The van der Waals surface area contributed by atoms with Crippen LogP contribution in [0, 0.1) is 5.82 Å². The van der Waals surface area contributed by atoms with Crippen molar-refractivity contribution in [2.75, 3.05) is 22.7 Å². The lowest BCUT2D eigenvalue weighted by atomic mass is 10.1. The molecule has 0 spiro atoms.